The van der Waals surface area contributed by atoms with E-state index in [4.69, 9.17) is 0 Å². The molecule has 1 N–H and O–H groups in total. The molecule has 2 rings (SSSR count). The topological polar surface area (TPSA) is 42.8 Å². The van der Waals surface area contributed by atoms with Crippen molar-refractivity contribution in [1.82, 2.24) is 9.88 Å². The molecule has 1 fully saturated rings. The molecule has 2 heterocycles. The van der Waals surface area contributed by atoms with Crippen LogP contribution in [-0.4, -0.2) is 23.0 Å². The zero-order chi connectivity index (χ0) is 10.7. The van der Waals surface area contributed by atoms with E-state index in [0.717, 1.165) is 18.8 Å². The predicted octanol–water partition coefficient (Wildman–Crippen LogP) is 2.31. The van der Waals surface area contributed by atoms with E-state index in [1.807, 2.05) is 18.3 Å². The lowest BCUT2D eigenvalue weighted by Crippen LogP contribution is -2.37. The third-order valence-corrected chi connectivity index (χ3v) is 3.09. The summed E-state index contributed by atoms with van der Waals surface area (Å²) in [6, 6.07) is 6.24. The summed E-state index contributed by atoms with van der Waals surface area (Å²) in [6.07, 6.45) is 4.38. The average Bonchev–Trinajstić information content (AvgIpc) is 2.72. The quantitative estimate of drug-likeness (QED) is 0.801. The van der Waals surface area contributed by atoms with E-state index >= 15 is 0 Å². The second-order valence-corrected chi connectivity index (χ2v) is 4.40. The summed E-state index contributed by atoms with van der Waals surface area (Å²) in [5.74, 6) is 0.713. The summed E-state index contributed by atoms with van der Waals surface area (Å²) in [5.41, 5.74) is 1.02. The first-order chi connectivity index (χ1) is 7.31. The molecule has 80 valence electrons. The lowest BCUT2D eigenvalue weighted by atomic mass is 9.98. The van der Waals surface area contributed by atoms with Gasteiger partial charge in [0, 0.05) is 18.4 Å². The minimum Gasteiger partial charge on any atom is -0.363 e. The van der Waals surface area contributed by atoms with Crippen LogP contribution in [0.3, 0.4) is 0 Å². The second kappa shape index (κ2) is 4.50. The van der Waals surface area contributed by atoms with Gasteiger partial charge in [-0.05, 0) is 37.4 Å². The van der Waals surface area contributed by atoms with Crippen molar-refractivity contribution < 1.29 is 0 Å². The Kier molecular flexibility index (Phi) is 3.08. The summed E-state index contributed by atoms with van der Waals surface area (Å²) < 4.78 is 0. The van der Waals surface area contributed by atoms with Crippen LogP contribution >= 0.6 is 0 Å². The van der Waals surface area contributed by atoms with Gasteiger partial charge in [0.05, 0.1) is 6.07 Å². The monoisotopic (exact) mass is 203 g/mol. The van der Waals surface area contributed by atoms with Crippen molar-refractivity contribution in [3.05, 3.63) is 24.0 Å². The van der Waals surface area contributed by atoms with E-state index in [1.165, 1.54) is 12.8 Å². The first-order valence-electron chi connectivity index (χ1n) is 5.58. The number of hydrogen-bond acceptors (Lipinski definition) is 2. The van der Waals surface area contributed by atoms with Crippen LogP contribution in [0.2, 0.25) is 0 Å². The average molecular weight is 203 g/mol. The molecule has 2 unspecified atom stereocenters. The molecule has 0 aliphatic carbocycles. The largest absolute Gasteiger partial charge is 0.363 e. The standard InChI is InChI=1S/C12H17N3/c1-10-4-3-7-15(9-10)12(8-13)11-5-2-6-14-11/h2,5-6,10,12,14H,3-4,7,9H2,1H3. The fourth-order valence-corrected chi connectivity index (χ4v) is 2.32. The van der Waals surface area contributed by atoms with Crippen molar-refractivity contribution >= 4 is 0 Å². The molecule has 3 heteroatoms. The number of likely N-dealkylation sites (tertiary alicyclic amines) is 1. The Morgan fingerprint density at radius 2 is 2.53 bits per heavy atom. The van der Waals surface area contributed by atoms with Crippen LogP contribution in [0.25, 0.3) is 0 Å². The molecule has 1 aromatic heterocycles. The highest BCUT2D eigenvalue weighted by atomic mass is 15.2. The molecular weight excluding hydrogens is 186 g/mol. The lowest BCUT2D eigenvalue weighted by Gasteiger charge is -2.33. The smallest absolute Gasteiger partial charge is 0.138 e. The highest BCUT2D eigenvalue weighted by Gasteiger charge is 2.25. The Bertz CT molecular complexity index is 336. The number of piperidine rings is 1. The van der Waals surface area contributed by atoms with Crippen LogP contribution in [0.1, 0.15) is 31.5 Å². The van der Waals surface area contributed by atoms with Gasteiger partial charge in [0.25, 0.3) is 0 Å². The molecular formula is C12H17N3. The van der Waals surface area contributed by atoms with Gasteiger partial charge in [-0.1, -0.05) is 6.92 Å². The number of aromatic nitrogens is 1. The first kappa shape index (κ1) is 10.3. The number of nitrogens with one attached hydrogen (secondary N) is 1. The van der Waals surface area contributed by atoms with Gasteiger partial charge in [-0.2, -0.15) is 5.26 Å². The molecule has 1 aliphatic heterocycles. The second-order valence-electron chi connectivity index (χ2n) is 4.40. The van der Waals surface area contributed by atoms with Crippen molar-refractivity contribution in [2.75, 3.05) is 13.1 Å². The fourth-order valence-electron chi connectivity index (χ4n) is 2.32. The van der Waals surface area contributed by atoms with Crippen LogP contribution < -0.4 is 0 Å². The molecule has 1 saturated heterocycles. The van der Waals surface area contributed by atoms with E-state index in [0.29, 0.717) is 5.92 Å². The maximum Gasteiger partial charge on any atom is 0.138 e. The van der Waals surface area contributed by atoms with Crippen LogP contribution in [-0.2, 0) is 0 Å². The molecule has 1 aromatic rings. The number of rotatable bonds is 2. The summed E-state index contributed by atoms with van der Waals surface area (Å²) >= 11 is 0. The highest BCUT2D eigenvalue weighted by Crippen LogP contribution is 2.25. The maximum absolute atomic E-state index is 9.22. The number of nitriles is 1. The van der Waals surface area contributed by atoms with Gasteiger partial charge in [-0.25, -0.2) is 0 Å². The number of aromatic amines is 1. The molecule has 0 radical (unpaired) electrons. The fraction of sp³-hybridized carbons (Fsp3) is 0.583. The molecule has 2 atom stereocenters. The van der Waals surface area contributed by atoms with Gasteiger partial charge in [0.2, 0.25) is 0 Å². The van der Waals surface area contributed by atoms with E-state index in [2.05, 4.69) is 22.9 Å². The Labute approximate surface area is 90.7 Å². The first-order valence-corrected chi connectivity index (χ1v) is 5.58. The Morgan fingerprint density at radius 3 is 3.13 bits per heavy atom. The summed E-state index contributed by atoms with van der Waals surface area (Å²) in [6.45, 7) is 4.34. The van der Waals surface area contributed by atoms with Crippen molar-refractivity contribution in [2.45, 2.75) is 25.8 Å². The SMILES string of the molecule is CC1CCCN(C(C#N)c2ccc[nH]2)C1. The summed E-state index contributed by atoms with van der Waals surface area (Å²) in [7, 11) is 0. The third kappa shape index (κ3) is 2.21. The summed E-state index contributed by atoms with van der Waals surface area (Å²) in [4.78, 5) is 5.41. The molecule has 0 amide bonds. The van der Waals surface area contributed by atoms with E-state index < -0.39 is 0 Å². The molecule has 0 saturated carbocycles. The zero-order valence-electron chi connectivity index (χ0n) is 9.11. The van der Waals surface area contributed by atoms with Crippen molar-refractivity contribution in [1.29, 1.82) is 5.26 Å². The van der Waals surface area contributed by atoms with Crippen LogP contribution in [0.4, 0.5) is 0 Å². The van der Waals surface area contributed by atoms with Gasteiger partial charge >= 0.3 is 0 Å². The Hall–Kier alpha value is -1.27. The van der Waals surface area contributed by atoms with Gasteiger partial charge in [-0.3, -0.25) is 4.90 Å². The minimum atomic E-state index is -0.0947. The van der Waals surface area contributed by atoms with Gasteiger partial charge in [-0.15, -0.1) is 0 Å². The lowest BCUT2D eigenvalue weighted by molar-refractivity contribution is 0.154. The molecule has 3 nitrogen and oxygen atoms in total. The van der Waals surface area contributed by atoms with E-state index in [9.17, 15) is 5.26 Å². The molecule has 0 bridgehead atoms. The van der Waals surface area contributed by atoms with Crippen LogP contribution in [0, 0.1) is 17.2 Å². The van der Waals surface area contributed by atoms with Gasteiger partial charge < -0.3 is 4.98 Å². The highest BCUT2D eigenvalue weighted by molar-refractivity contribution is 5.16. The van der Waals surface area contributed by atoms with Gasteiger partial charge in [0.15, 0.2) is 0 Å². The van der Waals surface area contributed by atoms with E-state index in [-0.39, 0.29) is 6.04 Å². The third-order valence-electron chi connectivity index (χ3n) is 3.09. The molecule has 0 spiro atoms. The number of hydrogen-bond donors (Lipinski definition) is 1. The van der Waals surface area contributed by atoms with Gasteiger partial charge in [0.1, 0.15) is 6.04 Å². The predicted molar refractivity (Wildman–Crippen MR) is 59.1 cm³/mol. The van der Waals surface area contributed by atoms with E-state index in [1.54, 1.807) is 0 Å². The van der Waals surface area contributed by atoms with Crippen molar-refractivity contribution in [2.24, 2.45) is 5.92 Å². The molecule has 1 aliphatic rings. The Morgan fingerprint density at radius 1 is 1.67 bits per heavy atom. The zero-order valence-corrected chi connectivity index (χ0v) is 9.11. The van der Waals surface area contributed by atoms with Crippen LogP contribution in [0.5, 0.6) is 0 Å². The van der Waals surface area contributed by atoms with Crippen molar-refractivity contribution in [3.63, 3.8) is 0 Å². The summed E-state index contributed by atoms with van der Waals surface area (Å²) in [5, 5.41) is 9.22. The van der Waals surface area contributed by atoms with Crippen molar-refractivity contribution in [3.8, 4) is 6.07 Å². The Balaban J connectivity index is 2.10. The number of H-pyrrole nitrogens is 1. The molecule has 0 aromatic carbocycles. The maximum atomic E-state index is 9.22. The normalized spacial score (nSPS) is 24.7. The molecule has 15 heavy (non-hydrogen) atoms. The number of nitrogens with zero attached hydrogens (tertiary/aromatic N) is 2. The van der Waals surface area contributed by atoms with Crippen LogP contribution in [0.15, 0.2) is 18.3 Å². The minimum absolute atomic E-state index is 0.0947.